The lowest BCUT2D eigenvalue weighted by Gasteiger charge is -2.29. The van der Waals surface area contributed by atoms with Crippen LogP contribution < -0.4 is 16.2 Å². The van der Waals surface area contributed by atoms with Gasteiger partial charge in [0, 0.05) is 4.88 Å². The standard InChI is InChI=1S/C26H22N4O4S/c1-2-34-25(32)21-19(28-26(33)29-22(21)17-11-7-4-8-12-17)14-30-15-27-18-13-20(35-23(18)24(30)31)16-9-5-3-6-10-16/h3-13,15,22H,2,14H2,1H3,(H2,28,29,33). The summed E-state index contributed by atoms with van der Waals surface area (Å²) < 4.78 is 7.20. The first-order chi connectivity index (χ1) is 17.0. The Morgan fingerprint density at radius 3 is 2.51 bits per heavy atom. The van der Waals surface area contributed by atoms with Crippen LogP contribution in [0.3, 0.4) is 0 Å². The first-order valence-corrected chi connectivity index (χ1v) is 11.9. The number of nitrogens with one attached hydrogen (secondary N) is 2. The van der Waals surface area contributed by atoms with E-state index in [0.29, 0.717) is 15.9 Å². The highest BCUT2D eigenvalue weighted by atomic mass is 32.1. The van der Waals surface area contributed by atoms with Crippen LogP contribution in [0.1, 0.15) is 18.5 Å². The van der Waals surface area contributed by atoms with Gasteiger partial charge in [0.1, 0.15) is 4.70 Å². The maximum Gasteiger partial charge on any atom is 0.338 e. The van der Waals surface area contributed by atoms with Crippen LogP contribution in [0.2, 0.25) is 0 Å². The van der Waals surface area contributed by atoms with Crippen LogP contribution in [0.5, 0.6) is 0 Å². The summed E-state index contributed by atoms with van der Waals surface area (Å²) in [4.78, 5) is 44.2. The van der Waals surface area contributed by atoms with Crippen molar-refractivity contribution in [2.24, 2.45) is 0 Å². The Morgan fingerprint density at radius 2 is 1.80 bits per heavy atom. The molecule has 1 aliphatic heterocycles. The van der Waals surface area contributed by atoms with E-state index in [-0.39, 0.29) is 24.3 Å². The Hall–Kier alpha value is -4.24. The summed E-state index contributed by atoms with van der Waals surface area (Å²) in [5.74, 6) is -0.562. The summed E-state index contributed by atoms with van der Waals surface area (Å²) in [7, 11) is 0. The van der Waals surface area contributed by atoms with E-state index < -0.39 is 18.0 Å². The third-order valence-corrected chi connectivity index (χ3v) is 6.83. The van der Waals surface area contributed by atoms with Gasteiger partial charge in [0.05, 0.1) is 42.3 Å². The van der Waals surface area contributed by atoms with Gasteiger partial charge < -0.3 is 15.4 Å². The molecule has 1 unspecified atom stereocenters. The highest BCUT2D eigenvalue weighted by Gasteiger charge is 2.34. The number of aromatic nitrogens is 2. The first kappa shape index (κ1) is 22.5. The number of allylic oxidation sites excluding steroid dienone is 1. The molecule has 2 aromatic heterocycles. The molecule has 3 heterocycles. The molecule has 8 nitrogen and oxygen atoms in total. The van der Waals surface area contributed by atoms with Crippen LogP contribution in [0.25, 0.3) is 20.7 Å². The zero-order valence-electron chi connectivity index (χ0n) is 18.9. The molecule has 2 amide bonds. The predicted molar refractivity (Wildman–Crippen MR) is 134 cm³/mol. The molecule has 0 aliphatic carbocycles. The fourth-order valence-electron chi connectivity index (χ4n) is 4.06. The van der Waals surface area contributed by atoms with E-state index >= 15 is 0 Å². The summed E-state index contributed by atoms with van der Waals surface area (Å²) in [6.07, 6.45) is 1.44. The van der Waals surface area contributed by atoms with Gasteiger partial charge in [0.15, 0.2) is 0 Å². The number of thiophene rings is 1. The molecule has 0 fully saturated rings. The minimum absolute atomic E-state index is 0.0365. The van der Waals surface area contributed by atoms with Gasteiger partial charge in [-0.2, -0.15) is 0 Å². The molecular weight excluding hydrogens is 464 g/mol. The number of hydrogen-bond donors (Lipinski definition) is 2. The van der Waals surface area contributed by atoms with E-state index in [2.05, 4.69) is 15.6 Å². The van der Waals surface area contributed by atoms with Gasteiger partial charge in [-0.15, -0.1) is 11.3 Å². The molecule has 0 bridgehead atoms. The largest absolute Gasteiger partial charge is 0.463 e. The van der Waals surface area contributed by atoms with Crippen molar-refractivity contribution in [2.75, 3.05) is 6.61 Å². The SMILES string of the molecule is CCOC(=O)C1=C(Cn2cnc3cc(-c4ccccc4)sc3c2=O)NC(=O)NC1c1ccccc1. The van der Waals surface area contributed by atoms with Crippen LogP contribution in [-0.2, 0) is 16.1 Å². The zero-order chi connectivity index (χ0) is 24.4. The Kier molecular flexibility index (Phi) is 6.15. The molecule has 5 rings (SSSR count). The Morgan fingerprint density at radius 1 is 1.09 bits per heavy atom. The van der Waals surface area contributed by atoms with Crippen LogP contribution in [-0.4, -0.2) is 28.2 Å². The average molecular weight is 487 g/mol. The molecule has 1 aliphatic rings. The number of rotatable bonds is 6. The Bertz CT molecular complexity index is 1490. The van der Waals surface area contributed by atoms with Crippen molar-refractivity contribution in [2.45, 2.75) is 19.5 Å². The summed E-state index contributed by atoms with van der Waals surface area (Å²) in [5.41, 5.74) is 2.64. The molecule has 9 heteroatoms. The molecule has 0 radical (unpaired) electrons. The molecular formula is C26H22N4O4S. The highest BCUT2D eigenvalue weighted by Crippen LogP contribution is 2.31. The number of urea groups is 1. The number of fused-ring (bicyclic) bond motifs is 1. The number of benzene rings is 2. The third kappa shape index (κ3) is 4.45. The predicted octanol–water partition coefficient (Wildman–Crippen LogP) is 4.00. The quantitative estimate of drug-likeness (QED) is 0.401. The number of amides is 2. The van der Waals surface area contributed by atoms with Crippen molar-refractivity contribution >= 4 is 33.6 Å². The molecule has 176 valence electrons. The van der Waals surface area contributed by atoms with Crippen LogP contribution in [0, 0.1) is 0 Å². The van der Waals surface area contributed by atoms with Gasteiger partial charge >= 0.3 is 12.0 Å². The van der Waals surface area contributed by atoms with Gasteiger partial charge in [-0.05, 0) is 24.1 Å². The maximum absolute atomic E-state index is 13.3. The molecule has 0 saturated heterocycles. The summed E-state index contributed by atoms with van der Waals surface area (Å²) in [6.45, 7) is 1.86. The first-order valence-electron chi connectivity index (χ1n) is 11.1. The van der Waals surface area contributed by atoms with E-state index in [1.165, 1.54) is 22.2 Å². The number of nitrogens with zero attached hydrogens (tertiary/aromatic N) is 2. The second kappa shape index (κ2) is 9.55. The molecule has 2 N–H and O–H groups in total. The maximum atomic E-state index is 13.3. The fraction of sp³-hybridized carbons (Fsp3) is 0.154. The second-order valence-corrected chi connectivity index (χ2v) is 8.98. The summed E-state index contributed by atoms with van der Waals surface area (Å²) >= 11 is 1.36. The number of hydrogen-bond acceptors (Lipinski definition) is 6. The molecule has 4 aromatic rings. The smallest absolute Gasteiger partial charge is 0.338 e. The lowest BCUT2D eigenvalue weighted by molar-refractivity contribution is -0.139. The van der Waals surface area contributed by atoms with E-state index in [9.17, 15) is 14.4 Å². The lowest BCUT2D eigenvalue weighted by Crippen LogP contribution is -2.47. The van der Waals surface area contributed by atoms with Crippen molar-refractivity contribution in [1.82, 2.24) is 20.2 Å². The van der Waals surface area contributed by atoms with Crippen molar-refractivity contribution in [3.05, 3.63) is 100 Å². The van der Waals surface area contributed by atoms with E-state index in [4.69, 9.17) is 4.74 Å². The summed E-state index contributed by atoms with van der Waals surface area (Å²) in [6, 6.07) is 19.7. The van der Waals surface area contributed by atoms with Gasteiger partial charge in [-0.25, -0.2) is 14.6 Å². The number of carbonyl (C=O) groups excluding carboxylic acids is 2. The normalized spacial score (nSPS) is 15.6. The molecule has 1 atom stereocenters. The fourth-order valence-corrected chi connectivity index (χ4v) is 5.13. The third-order valence-electron chi connectivity index (χ3n) is 5.67. The second-order valence-electron chi connectivity index (χ2n) is 7.92. The van der Waals surface area contributed by atoms with E-state index in [1.54, 1.807) is 6.92 Å². The van der Waals surface area contributed by atoms with Crippen molar-refractivity contribution in [3.63, 3.8) is 0 Å². The van der Waals surface area contributed by atoms with Crippen LogP contribution in [0.15, 0.2) is 89.1 Å². The molecule has 0 saturated carbocycles. The van der Waals surface area contributed by atoms with Crippen LogP contribution >= 0.6 is 11.3 Å². The summed E-state index contributed by atoms with van der Waals surface area (Å²) in [5, 5.41) is 5.50. The van der Waals surface area contributed by atoms with Crippen molar-refractivity contribution < 1.29 is 14.3 Å². The van der Waals surface area contributed by atoms with Gasteiger partial charge in [-0.3, -0.25) is 9.36 Å². The monoisotopic (exact) mass is 486 g/mol. The molecule has 2 aromatic carbocycles. The topological polar surface area (TPSA) is 102 Å². The van der Waals surface area contributed by atoms with Gasteiger partial charge in [0.25, 0.3) is 5.56 Å². The molecule has 35 heavy (non-hydrogen) atoms. The highest BCUT2D eigenvalue weighted by molar-refractivity contribution is 7.22. The number of esters is 1. The number of ether oxygens (including phenoxy) is 1. The Labute approximate surface area is 204 Å². The minimum atomic E-state index is -0.710. The van der Waals surface area contributed by atoms with E-state index in [1.807, 2.05) is 66.7 Å². The average Bonchev–Trinajstić information content (AvgIpc) is 3.32. The number of carbonyl (C=O) groups is 2. The van der Waals surface area contributed by atoms with Crippen molar-refractivity contribution in [1.29, 1.82) is 0 Å². The zero-order valence-corrected chi connectivity index (χ0v) is 19.7. The molecule has 0 spiro atoms. The van der Waals surface area contributed by atoms with Crippen molar-refractivity contribution in [3.8, 4) is 10.4 Å². The lowest BCUT2D eigenvalue weighted by atomic mass is 9.95. The van der Waals surface area contributed by atoms with E-state index in [0.717, 1.165) is 16.0 Å². The van der Waals surface area contributed by atoms with Crippen LogP contribution in [0.4, 0.5) is 4.79 Å². The van der Waals surface area contributed by atoms with Gasteiger partial charge in [-0.1, -0.05) is 60.7 Å². The van der Waals surface area contributed by atoms with Gasteiger partial charge in [0.2, 0.25) is 0 Å². The minimum Gasteiger partial charge on any atom is -0.463 e. The Balaban J connectivity index is 1.58.